The summed E-state index contributed by atoms with van der Waals surface area (Å²) in [6.07, 6.45) is 2.46. The van der Waals surface area contributed by atoms with Gasteiger partial charge in [0.25, 0.3) is 0 Å². The Labute approximate surface area is 143 Å². The van der Waals surface area contributed by atoms with Gasteiger partial charge in [0.1, 0.15) is 11.5 Å². The SMILES string of the molecule is COc1ccc(C2CCCN2C(=O)CCOc2ccccc2)cc1. The lowest BCUT2D eigenvalue weighted by molar-refractivity contribution is -0.132. The van der Waals surface area contributed by atoms with E-state index in [9.17, 15) is 4.79 Å². The first kappa shape index (κ1) is 16.4. The largest absolute Gasteiger partial charge is 0.497 e. The lowest BCUT2D eigenvalue weighted by atomic mass is 10.0. The number of carbonyl (C=O) groups is 1. The minimum atomic E-state index is 0.157. The Bertz CT molecular complexity index is 654. The highest BCUT2D eigenvalue weighted by Crippen LogP contribution is 2.33. The highest BCUT2D eigenvalue weighted by atomic mass is 16.5. The van der Waals surface area contributed by atoms with Crippen molar-refractivity contribution in [1.29, 1.82) is 0 Å². The van der Waals surface area contributed by atoms with Gasteiger partial charge < -0.3 is 14.4 Å². The molecule has 0 saturated carbocycles. The molecule has 0 bridgehead atoms. The van der Waals surface area contributed by atoms with Crippen LogP contribution >= 0.6 is 0 Å². The van der Waals surface area contributed by atoms with Crippen molar-refractivity contribution < 1.29 is 14.3 Å². The molecule has 1 saturated heterocycles. The van der Waals surface area contributed by atoms with Gasteiger partial charge in [-0.05, 0) is 42.7 Å². The number of ether oxygens (including phenoxy) is 2. The number of hydrogen-bond donors (Lipinski definition) is 0. The molecular formula is C20H23NO3. The topological polar surface area (TPSA) is 38.8 Å². The average molecular weight is 325 g/mol. The van der Waals surface area contributed by atoms with E-state index in [-0.39, 0.29) is 11.9 Å². The number of hydrogen-bond acceptors (Lipinski definition) is 3. The van der Waals surface area contributed by atoms with E-state index in [0.717, 1.165) is 30.9 Å². The molecule has 1 unspecified atom stereocenters. The van der Waals surface area contributed by atoms with E-state index in [2.05, 4.69) is 12.1 Å². The van der Waals surface area contributed by atoms with Gasteiger partial charge in [-0.15, -0.1) is 0 Å². The molecule has 2 aromatic carbocycles. The summed E-state index contributed by atoms with van der Waals surface area (Å²) < 4.78 is 10.8. The van der Waals surface area contributed by atoms with Crippen LogP contribution in [0.4, 0.5) is 0 Å². The summed E-state index contributed by atoms with van der Waals surface area (Å²) in [5.41, 5.74) is 1.17. The first-order valence-electron chi connectivity index (χ1n) is 8.39. The number of methoxy groups -OCH3 is 1. The van der Waals surface area contributed by atoms with Crippen LogP contribution in [0.2, 0.25) is 0 Å². The molecule has 1 amide bonds. The standard InChI is InChI=1S/C20H23NO3/c1-23-17-11-9-16(10-12-17)19-8-5-14-21(19)20(22)13-15-24-18-6-3-2-4-7-18/h2-4,6-7,9-12,19H,5,8,13-15H2,1H3. The minimum absolute atomic E-state index is 0.157. The van der Waals surface area contributed by atoms with Gasteiger partial charge in [-0.1, -0.05) is 30.3 Å². The predicted molar refractivity (Wildman–Crippen MR) is 93.2 cm³/mol. The van der Waals surface area contributed by atoms with Crippen molar-refractivity contribution in [2.75, 3.05) is 20.3 Å². The molecule has 0 spiro atoms. The highest BCUT2D eigenvalue weighted by Gasteiger charge is 2.29. The number of para-hydroxylation sites is 1. The summed E-state index contributed by atoms with van der Waals surface area (Å²) >= 11 is 0. The van der Waals surface area contributed by atoms with Crippen LogP contribution in [0.3, 0.4) is 0 Å². The third-order valence-corrected chi connectivity index (χ3v) is 4.40. The molecular weight excluding hydrogens is 302 g/mol. The van der Waals surface area contributed by atoms with Gasteiger partial charge in [-0.25, -0.2) is 0 Å². The van der Waals surface area contributed by atoms with Crippen molar-refractivity contribution in [2.24, 2.45) is 0 Å². The van der Waals surface area contributed by atoms with Crippen LogP contribution in [0.25, 0.3) is 0 Å². The molecule has 0 radical (unpaired) electrons. The molecule has 4 nitrogen and oxygen atoms in total. The van der Waals surface area contributed by atoms with Crippen LogP contribution in [-0.4, -0.2) is 31.1 Å². The van der Waals surface area contributed by atoms with Gasteiger partial charge in [-0.2, -0.15) is 0 Å². The van der Waals surface area contributed by atoms with E-state index in [1.54, 1.807) is 7.11 Å². The molecule has 1 heterocycles. The molecule has 1 fully saturated rings. The van der Waals surface area contributed by atoms with Crippen molar-refractivity contribution in [2.45, 2.75) is 25.3 Å². The molecule has 1 atom stereocenters. The number of likely N-dealkylation sites (tertiary alicyclic amines) is 1. The van der Waals surface area contributed by atoms with Gasteiger partial charge in [-0.3, -0.25) is 4.79 Å². The summed E-state index contributed by atoms with van der Waals surface area (Å²) in [7, 11) is 1.66. The van der Waals surface area contributed by atoms with Crippen LogP contribution in [-0.2, 0) is 4.79 Å². The molecule has 1 aliphatic rings. The molecule has 24 heavy (non-hydrogen) atoms. The summed E-state index contributed by atoms with van der Waals surface area (Å²) in [5.74, 6) is 1.80. The summed E-state index contributed by atoms with van der Waals surface area (Å²) in [4.78, 5) is 14.5. The van der Waals surface area contributed by atoms with Crippen molar-refractivity contribution in [1.82, 2.24) is 4.90 Å². The quantitative estimate of drug-likeness (QED) is 0.810. The van der Waals surface area contributed by atoms with Gasteiger partial charge in [0, 0.05) is 6.54 Å². The second-order valence-electron chi connectivity index (χ2n) is 5.93. The predicted octanol–water partition coefficient (Wildman–Crippen LogP) is 3.83. The summed E-state index contributed by atoms with van der Waals surface area (Å²) in [6.45, 7) is 1.23. The monoisotopic (exact) mass is 325 g/mol. The van der Waals surface area contributed by atoms with Crippen molar-refractivity contribution in [3.05, 3.63) is 60.2 Å². The van der Waals surface area contributed by atoms with Crippen LogP contribution in [0, 0.1) is 0 Å². The van der Waals surface area contributed by atoms with E-state index < -0.39 is 0 Å². The smallest absolute Gasteiger partial charge is 0.226 e. The van der Waals surface area contributed by atoms with Gasteiger partial charge >= 0.3 is 0 Å². The van der Waals surface area contributed by atoms with E-state index in [1.165, 1.54) is 5.56 Å². The van der Waals surface area contributed by atoms with E-state index in [0.29, 0.717) is 13.0 Å². The Balaban J connectivity index is 1.56. The number of benzene rings is 2. The maximum Gasteiger partial charge on any atom is 0.226 e. The Morgan fingerprint density at radius 3 is 2.54 bits per heavy atom. The van der Waals surface area contributed by atoms with Crippen LogP contribution < -0.4 is 9.47 Å². The second-order valence-corrected chi connectivity index (χ2v) is 5.93. The van der Waals surface area contributed by atoms with E-state index >= 15 is 0 Å². The maximum absolute atomic E-state index is 12.6. The third-order valence-electron chi connectivity index (χ3n) is 4.40. The molecule has 3 rings (SSSR count). The number of carbonyl (C=O) groups excluding carboxylic acids is 1. The Morgan fingerprint density at radius 1 is 1.08 bits per heavy atom. The zero-order valence-corrected chi connectivity index (χ0v) is 14.0. The lowest BCUT2D eigenvalue weighted by Crippen LogP contribution is -2.31. The van der Waals surface area contributed by atoms with E-state index in [4.69, 9.17) is 9.47 Å². The third kappa shape index (κ3) is 3.88. The number of nitrogens with zero attached hydrogens (tertiary/aromatic N) is 1. The molecule has 126 valence electrons. The van der Waals surface area contributed by atoms with Crippen LogP contribution in [0.5, 0.6) is 11.5 Å². The normalized spacial score (nSPS) is 16.9. The van der Waals surface area contributed by atoms with Crippen LogP contribution in [0.15, 0.2) is 54.6 Å². The van der Waals surface area contributed by atoms with Crippen molar-refractivity contribution in [3.63, 3.8) is 0 Å². The molecule has 0 N–H and O–H groups in total. The van der Waals surface area contributed by atoms with Crippen LogP contribution in [0.1, 0.15) is 30.9 Å². The number of rotatable bonds is 6. The van der Waals surface area contributed by atoms with Crippen molar-refractivity contribution in [3.8, 4) is 11.5 Å². The average Bonchev–Trinajstić information content (AvgIpc) is 3.12. The molecule has 2 aromatic rings. The zero-order valence-electron chi connectivity index (χ0n) is 14.0. The number of amides is 1. The van der Waals surface area contributed by atoms with Gasteiger partial charge in [0.05, 0.1) is 26.2 Å². The van der Waals surface area contributed by atoms with Gasteiger partial charge in [0.15, 0.2) is 0 Å². The fourth-order valence-corrected chi connectivity index (χ4v) is 3.15. The minimum Gasteiger partial charge on any atom is -0.497 e. The Kier molecular flexibility index (Phi) is 5.36. The second kappa shape index (κ2) is 7.86. The fourth-order valence-electron chi connectivity index (χ4n) is 3.15. The first-order chi connectivity index (χ1) is 11.8. The summed E-state index contributed by atoms with van der Waals surface area (Å²) in [6, 6.07) is 17.8. The lowest BCUT2D eigenvalue weighted by Gasteiger charge is -2.25. The van der Waals surface area contributed by atoms with Crippen molar-refractivity contribution >= 4 is 5.91 Å². The molecule has 0 aromatic heterocycles. The zero-order chi connectivity index (χ0) is 16.8. The molecule has 1 aliphatic heterocycles. The highest BCUT2D eigenvalue weighted by molar-refractivity contribution is 5.77. The van der Waals surface area contributed by atoms with Gasteiger partial charge in [0.2, 0.25) is 5.91 Å². The maximum atomic E-state index is 12.6. The fraction of sp³-hybridized carbons (Fsp3) is 0.350. The Morgan fingerprint density at radius 2 is 1.83 bits per heavy atom. The van der Waals surface area contributed by atoms with E-state index in [1.807, 2.05) is 47.4 Å². The first-order valence-corrected chi connectivity index (χ1v) is 8.39. The molecule has 4 heteroatoms. The summed E-state index contributed by atoms with van der Waals surface area (Å²) in [5, 5.41) is 0. The Hall–Kier alpha value is -2.49. The molecule has 0 aliphatic carbocycles.